The normalized spacial score (nSPS) is 10.8. The Labute approximate surface area is 151 Å². The van der Waals surface area contributed by atoms with Crippen molar-refractivity contribution < 1.29 is 18.7 Å². The highest BCUT2D eigenvalue weighted by molar-refractivity contribution is 7.15. The number of hydrogen-bond acceptors (Lipinski definition) is 7. The molecule has 0 spiro atoms. The van der Waals surface area contributed by atoms with Gasteiger partial charge >= 0.3 is 5.97 Å². The molecule has 1 aromatic carbocycles. The van der Waals surface area contributed by atoms with E-state index in [1.54, 1.807) is 12.3 Å². The lowest BCUT2D eigenvalue weighted by molar-refractivity contribution is 0.0567. The van der Waals surface area contributed by atoms with Crippen LogP contribution in [0.2, 0.25) is 9.49 Å². The molecule has 0 saturated carbocycles. The van der Waals surface area contributed by atoms with Gasteiger partial charge in [-0.2, -0.15) is 0 Å². The second-order valence-corrected chi connectivity index (χ2v) is 6.79. The fourth-order valence-electron chi connectivity index (χ4n) is 2.20. The predicted molar refractivity (Wildman–Crippen MR) is 93.6 cm³/mol. The molecule has 0 amide bonds. The maximum Gasteiger partial charge on any atom is 0.373 e. The Hall–Kier alpha value is -1.96. The molecule has 0 aliphatic carbocycles. The number of fused-ring (bicyclic) bond motifs is 1. The van der Waals surface area contributed by atoms with Gasteiger partial charge in [0.25, 0.3) is 0 Å². The van der Waals surface area contributed by atoms with Crippen LogP contribution in [0, 0.1) is 0 Å². The third kappa shape index (κ3) is 3.15. The second kappa shape index (κ2) is 6.88. The Morgan fingerprint density at radius 3 is 2.79 bits per heavy atom. The number of anilines is 1. The molecule has 3 aromatic rings. The summed E-state index contributed by atoms with van der Waals surface area (Å²) < 4.78 is 16.0. The number of rotatable bonds is 5. The van der Waals surface area contributed by atoms with E-state index in [1.165, 1.54) is 31.6 Å². The van der Waals surface area contributed by atoms with Crippen LogP contribution in [-0.4, -0.2) is 25.2 Å². The second-order valence-electron chi connectivity index (χ2n) is 4.72. The molecule has 0 radical (unpaired) electrons. The number of nitrogens with one attached hydrogen (secondary N) is 1. The van der Waals surface area contributed by atoms with Crippen molar-refractivity contribution in [3.8, 4) is 5.75 Å². The summed E-state index contributed by atoms with van der Waals surface area (Å²) in [5.41, 5.74) is 1.08. The highest BCUT2D eigenvalue weighted by Crippen LogP contribution is 2.41. The number of carbonyl (C=O) groups excluding carboxylic acids is 1. The van der Waals surface area contributed by atoms with E-state index in [0.29, 0.717) is 38.4 Å². The van der Waals surface area contributed by atoms with Crippen LogP contribution in [0.3, 0.4) is 0 Å². The molecule has 0 atom stereocenters. The molecule has 0 bridgehead atoms. The van der Waals surface area contributed by atoms with Gasteiger partial charge in [0, 0.05) is 28.6 Å². The highest BCUT2D eigenvalue weighted by atomic mass is 35.5. The zero-order valence-corrected chi connectivity index (χ0v) is 15.0. The van der Waals surface area contributed by atoms with Crippen molar-refractivity contribution in [2.75, 3.05) is 19.5 Å². The molecular formula is C15H12Cl2N2O4S. The van der Waals surface area contributed by atoms with Crippen LogP contribution >= 0.6 is 34.5 Å². The fraction of sp³-hybridized carbons (Fsp3) is 0.200. The van der Waals surface area contributed by atoms with Crippen molar-refractivity contribution in [1.82, 2.24) is 4.98 Å². The standard InChI is InChI=1S/C15H12Cl2N2O4S/c1-21-13-9(18-5-7-6-19-15(17)24-7)4-10-8(12(13)16)3-11(23-10)14(20)22-2/h3-4,6,18H,5H2,1-2H3. The Kier molecular flexibility index (Phi) is 4.84. The summed E-state index contributed by atoms with van der Waals surface area (Å²) in [4.78, 5) is 16.6. The van der Waals surface area contributed by atoms with Gasteiger partial charge in [0.15, 0.2) is 10.2 Å². The Morgan fingerprint density at radius 1 is 1.38 bits per heavy atom. The summed E-state index contributed by atoms with van der Waals surface area (Å²) in [6, 6.07) is 3.24. The van der Waals surface area contributed by atoms with Crippen molar-refractivity contribution in [3.63, 3.8) is 0 Å². The number of esters is 1. The number of halogens is 2. The van der Waals surface area contributed by atoms with Crippen molar-refractivity contribution in [2.24, 2.45) is 0 Å². The minimum atomic E-state index is -0.574. The maximum absolute atomic E-state index is 11.6. The zero-order chi connectivity index (χ0) is 17.3. The van der Waals surface area contributed by atoms with Gasteiger partial charge in [-0.05, 0) is 0 Å². The van der Waals surface area contributed by atoms with Crippen LogP contribution in [-0.2, 0) is 11.3 Å². The van der Waals surface area contributed by atoms with Gasteiger partial charge in [0.1, 0.15) is 5.58 Å². The fourth-order valence-corrected chi connectivity index (χ4v) is 3.45. The van der Waals surface area contributed by atoms with Crippen molar-refractivity contribution >= 4 is 57.2 Å². The first kappa shape index (κ1) is 16.9. The monoisotopic (exact) mass is 386 g/mol. The molecule has 24 heavy (non-hydrogen) atoms. The Balaban J connectivity index is 1.98. The van der Waals surface area contributed by atoms with Gasteiger partial charge in [-0.25, -0.2) is 9.78 Å². The largest absolute Gasteiger partial charge is 0.493 e. The van der Waals surface area contributed by atoms with Crippen LogP contribution in [0.1, 0.15) is 15.4 Å². The molecular weight excluding hydrogens is 375 g/mol. The van der Waals surface area contributed by atoms with Crippen LogP contribution in [0.4, 0.5) is 5.69 Å². The molecule has 0 aliphatic rings. The van der Waals surface area contributed by atoms with E-state index in [-0.39, 0.29) is 5.76 Å². The lowest BCUT2D eigenvalue weighted by Crippen LogP contribution is -2.00. The van der Waals surface area contributed by atoms with Crippen LogP contribution in [0.15, 0.2) is 22.7 Å². The van der Waals surface area contributed by atoms with E-state index in [0.717, 1.165) is 4.88 Å². The zero-order valence-electron chi connectivity index (χ0n) is 12.7. The van der Waals surface area contributed by atoms with E-state index in [9.17, 15) is 4.79 Å². The van der Waals surface area contributed by atoms with E-state index >= 15 is 0 Å². The predicted octanol–water partition coefficient (Wildman–Crippen LogP) is 4.60. The molecule has 0 unspecified atom stereocenters. The number of furan rings is 1. The molecule has 2 aromatic heterocycles. The quantitative estimate of drug-likeness (QED) is 0.645. The Bertz CT molecular complexity index is 906. The van der Waals surface area contributed by atoms with Gasteiger partial charge in [-0.1, -0.05) is 23.2 Å². The summed E-state index contributed by atoms with van der Waals surface area (Å²) in [6.07, 6.45) is 1.69. The first-order valence-corrected chi connectivity index (χ1v) is 8.33. The van der Waals surface area contributed by atoms with Crippen molar-refractivity contribution in [1.29, 1.82) is 0 Å². The number of benzene rings is 1. The van der Waals surface area contributed by atoms with E-state index in [1.807, 2.05) is 0 Å². The van der Waals surface area contributed by atoms with Gasteiger partial charge in [-0.15, -0.1) is 11.3 Å². The molecule has 0 saturated heterocycles. The van der Waals surface area contributed by atoms with E-state index < -0.39 is 5.97 Å². The third-order valence-electron chi connectivity index (χ3n) is 3.29. The van der Waals surface area contributed by atoms with Gasteiger partial charge in [0.2, 0.25) is 5.76 Å². The van der Waals surface area contributed by atoms with Crippen LogP contribution < -0.4 is 10.1 Å². The highest BCUT2D eigenvalue weighted by Gasteiger charge is 2.19. The average Bonchev–Trinajstić information content (AvgIpc) is 3.18. The van der Waals surface area contributed by atoms with Gasteiger partial charge < -0.3 is 19.2 Å². The summed E-state index contributed by atoms with van der Waals surface area (Å²) >= 11 is 13.6. The molecule has 0 aliphatic heterocycles. The molecule has 3 rings (SSSR count). The molecule has 2 heterocycles. The SMILES string of the molecule is COC(=O)c1cc2c(Cl)c(OC)c(NCc3cnc(Cl)s3)cc2o1. The summed E-state index contributed by atoms with van der Waals surface area (Å²) in [6.45, 7) is 0.493. The van der Waals surface area contributed by atoms with E-state index in [2.05, 4.69) is 15.0 Å². The summed E-state index contributed by atoms with van der Waals surface area (Å²) in [5.74, 6) is -0.0464. The third-order valence-corrected chi connectivity index (χ3v) is 4.78. The lowest BCUT2D eigenvalue weighted by atomic mass is 10.2. The molecule has 126 valence electrons. The van der Waals surface area contributed by atoms with Crippen LogP contribution in [0.5, 0.6) is 5.75 Å². The van der Waals surface area contributed by atoms with Crippen molar-refractivity contribution in [2.45, 2.75) is 6.54 Å². The first-order chi connectivity index (χ1) is 11.5. The average molecular weight is 387 g/mol. The molecule has 0 fully saturated rings. The van der Waals surface area contributed by atoms with Crippen LogP contribution in [0.25, 0.3) is 11.0 Å². The summed E-state index contributed by atoms with van der Waals surface area (Å²) in [5, 5.41) is 4.12. The van der Waals surface area contributed by atoms with Gasteiger partial charge in [0.05, 0.1) is 31.5 Å². The molecule has 9 heteroatoms. The first-order valence-electron chi connectivity index (χ1n) is 6.76. The number of hydrogen-bond donors (Lipinski definition) is 1. The number of aromatic nitrogens is 1. The number of carbonyl (C=O) groups is 1. The van der Waals surface area contributed by atoms with Crippen molar-refractivity contribution in [3.05, 3.63) is 38.5 Å². The number of thiazole rings is 1. The Morgan fingerprint density at radius 2 is 2.17 bits per heavy atom. The summed E-state index contributed by atoms with van der Waals surface area (Å²) in [7, 11) is 2.80. The number of ether oxygens (including phenoxy) is 2. The van der Waals surface area contributed by atoms with Gasteiger partial charge in [-0.3, -0.25) is 0 Å². The number of nitrogens with zero attached hydrogens (tertiary/aromatic N) is 1. The van der Waals surface area contributed by atoms with E-state index in [4.69, 9.17) is 32.4 Å². The topological polar surface area (TPSA) is 73.6 Å². The minimum Gasteiger partial charge on any atom is -0.493 e. The maximum atomic E-state index is 11.6. The minimum absolute atomic E-state index is 0.0721. The lowest BCUT2D eigenvalue weighted by Gasteiger charge is -2.12. The smallest absolute Gasteiger partial charge is 0.373 e. The molecule has 6 nitrogen and oxygen atoms in total. The molecule has 1 N–H and O–H groups in total. The number of methoxy groups -OCH3 is 2.